The normalized spacial score (nSPS) is 14.2. The molecule has 0 radical (unpaired) electrons. The molecule has 30 heavy (non-hydrogen) atoms. The zero-order valence-electron chi connectivity index (χ0n) is 16.9. The molecule has 0 amide bonds. The summed E-state index contributed by atoms with van der Waals surface area (Å²) in [4.78, 5) is 7.72. The molecule has 2 aromatic carbocycles. The summed E-state index contributed by atoms with van der Waals surface area (Å²) in [6.07, 6.45) is 0. The molecule has 2 heterocycles. The molecule has 7 heteroatoms. The summed E-state index contributed by atoms with van der Waals surface area (Å²) in [6, 6.07) is 18.4. The van der Waals surface area contributed by atoms with Gasteiger partial charge in [0.15, 0.2) is 0 Å². The Morgan fingerprint density at radius 1 is 1.13 bits per heavy atom. The van der Waals surface area contributed by atoms with Gasteiger partial charge in [-0.3, -0.25) is 0 Å². The summed E-state index contributed by atoms with van der Waals surface area (Å²) in [7, 11) is 0. The van der Waals surface area contributed by atoms with E-state index in [0.29, 0.717) is 17.1 Å². The van der Waals surface area contributed by atoms with Crippen molar-refractivity contribution in [2.45, 2.75) is 24.0 Å². The summed E-state index contributed by atoms with van der Waals surface area (Å²) in [6.45, 7) is 6.05. The molecule has 6 nitrogen and oxygen atoms in total. The van der Waals surface area contributed by atoms with Crippen molar-refractivity contribution in [2.24, 2.45) is 0 Å². The van der Waals surface area contributed by atoms with Crippen LogP contribution in [-0.4, -0.2) is 18.1 Å². The number of fused-ring (bicyclic) bond motifs is 2. The van der Waals surface area contributed by atoms with Crippen molar-refractivity contribution in [3.8, 4) is 17.7 Å². The molecule has 4 N–H and O–H groups in total. The van der Waals surface area contributed by atoms with Gasteiger partial charge in [0.2, 0.25) is 5.88 Å². The first kappa shape index (κ1) is 19.9. The van der Waals surface area contributed by atoms with Crippen LogP contribution in [0.4, 0.5) is 17.2 Å². The lowest BCUT2D eigenvalue weighted by Gasteiger charge is -2.30. The highest BCUT2D eigenvalue weighted by Gasteiger charge is 2.34. The second-order valence-corrected chi connectivity index (χ2v) is 8.10. The number of nitriles is 1. The van der Waals surface area contributed by atoms with Gasteiger partial charge in [-0.05, 0) is 32.0 Å². The van der Waals surface area contributed by atoms with E-state index in [2.05, 4.69) is 54.1 Å². The summed E-state index contributed by atoms with van der Waals surface area (Å²) < 4.78 is 6.17. The fraction of sp³-hybridized carbons (Fsp3) is 0.217. The molecular formula is C23H23N5OS. The average molecular weight is 418 g/mol. The Kier molecular flexibility index (Phi) is 5.42. The first-order valence-electron chi connectivity index (χ1n) is 9.84. The van der Waals surface area contributed by atoms with Gasteiger partial charge >= 0.3 is 0 Å². The van der Waals surface area contributed by atoms with Gasteiger partial charge in [-0.25, -0.2) is 0 Å². The van der Waals surface area contributed by atoms with Gasteiger partial charge in [-0.15, -0.1) is 11.8 Å². The van der Waals surface area contributed by atoms with E-state index in [1.807, 2.05) is 24.3 Å². The number of benzene rings is 2. The molecule has 0 spiro atoms. The van der Waals surface area contributed by atoms with E-state index in [4.69, 9.17) is 16.2 Å². The monoisotopic (exact) mass is 417 g/mol. The van der Waals surface area contributed by atoms with Crippen LogP contribution in [0.25, 0.3) is 0 Å². The number of thioether (sulfide) groups is 1. The Bertz CT molecular complexity index is 1120. The molecule has 0 aliphatic carbocycles. The fourth-order valence-corrected chi connectivity index (χ4v) is 4.95. The van der Waals surface area contributed by atoms with Crippen LogP contribution < -0.4 is 21.1 Å². The van der Waals surface area contributed by atoms with E-state index >= 15 is 0 Å². The fourth-order valence-electron chi connectivity index (χ4n) is 3.69. The van der Waals surface area contributed by atoms with Crippen LogP contribution in [-0.2, 0) is 0 Å². The number of anilines is 3. The molecule has 0 saturated carbocycles. The molecule has 152 valence electrons. The van der Waals surface area contributed by atoms with Crippen LogP contribution in [0, 0.1) is 11.3 Å². The van der Waals surface area contributed by atoms with Crippen molar-refractivity contribution in [1.29, 1.82) is 5.26 Å². The molecule has 4 rings (SSSR count). The minimum atomic E-state index is -0.169. The standard InChI is InChI=1S/C23H23N5OS/c1-3-28(4-2)14-10-11-16-18(12-14)29-23-19(20(25)17(13-24)22(26)27-23)21(16)30-15-8-6-5-7-9-15/h5-12,21H,3-4H2,1-2H3,(H4,25,26,27). The van der Waals surface area contributed by atoms with E-state index in [1.165, 1.54) is 0 Å². The van der Waals surface area contributed by atoms with Crippen molar-refractivity contribution in [3.05, 3.63) is 65.2 Å². The number of nitrogen functional groups attached to an aromatic ring is 2. The van der Waals surface area contributed by atoms with E-state index in [0.717, 1.165) is 35.0 Å². The molecule has 1 aromatic heterocycles. The number of rotatable bonds is 5. The van der Waals surface area contributed by atoms with Gasteiger partial charge in [0.1, 0.15) is 23.2 Å². The minimum Gasteiger partial charge on any atom is -0.438 e. The molecule has 1 atom stereocenters. The zero-order chi connectivity index (χ0) is 21.3. The molecule has 1 aliphatic rings. The van der Waals surface area contributed by atoms with Crippen LogP contribution in [0.3, 0.4) is 0 Å². The summed E-state index contributed by atoms with van der Waals surface area (Å²) >= 11 is 1.65. The lowest BCUT2D eigenvalue weighted by Crippen LogP contribution is -2.22. The van der Waals surface area contributed by atoms with Crippen LogP contribution in [0.2, 0.25) is 0 Å². The quantitative estimate of drug-likeness (QED) is 0.605. The number of hydrogen-bond donors (Lipinski definition) is 2. The summed E-state index contributed by atoms with van der Waals surface area (Å²) in [5, 5.41) is 9.35. The Labute approximate surface area is 180 Å². The van der Waals surface area contributed by atoms with Gasteiger partial charge in [0.05, 0.1) is 16.5 Å². The number of pyridine rings is 1. The highest BCUT2D eigenvalue weighted by Crippen LogP contribution is 2.54. The second kappa shape index (κ2) is 8.17. The Morgan fingerprint density at radius 2 is 1.87 bits per heavy atom. The smallest absolute Gasteiger partial charge is 0.228 e. The van der Waals surface area contributed by atoms with Crippen molar-refractivity contribution in [3.63, 3.8) is 0 Å². The van der Waals surface area contributed by atoms with E-state index in [1.54, 1.807) is 11.8 Å². The number of ether oxygens (including phenoxy) is 1. The molecular weight excluding hydrogens is 394 g/mol. The van der Waals surface area contributed by atoms with Gasteiger partial charge < -0.3 is 21.1 Å². The lowest BCUT2D eigenvalue weighted by molar-refractivity contribution is 0.441. The number of aromatic nitrogens is 1. The van der Waals surface area contributed by atoms with Crippen molar-refractivity contribution in [1.82, 2.24) is 4.98 Å². The molecule has 3 aromatic rings. The molecule has 0 saturated heterocycles. The number of nitrogens with zero attached hydrogens (tertiary/aromatic N) is 3. The second-order valence-electron chi connectivity index (χ2n) is 6.92. The first-order valence-corrected chi connectivity index (χ1v) is 10.7. The molecule has 1 aliphatic heterocycles. The predicted molar refractivity (Wildman–Crippen MR) is 122 cm³/mol. The Morgan fingerprint density at radius 3 is 2.53 bits per heavy atom. The third-order valence-electron chi connectivity index (χ3n) is 5.25. The maximum atomic E-state index is 9.52. The molecule has 0 bridgehead atoms. The van der Waals surface area contributed by atoms with E-state index < -0.39 is 0 Å². The largest absolute Gasteiger partial charge is 0.438 e. The van der Waals surface area contributed by atoms with Crippen LogP contribution >= 0.6 is 11.8 Å². The first-order chi connectivity index (χ1) is 14.6. The minimum absolute atomic E-state index is 0.0839. The van der Waals surface area contributed by atoms with Crippen LogP contribution in [0.15, 0.2) is 53.4 Å². The van der Waals surface area contributed by atoms with Gasteiger partial charge in [-0.1, -0.05) is 24.3 Å². The SMILES string of the molecule is CCN(CC)c1ccc2c(c1)Oc1nc(N)c(C#N)c(N)c1C2Sc1ccccc1. The third kappa shape index (κ3) is 3.40. The van der Waals surface area contributed by atoms with Gasteiger partial charge in [0, 0.05) is 35.3 Å². The van der Waals surface area contributed by atoms with E-state index in [9.17, 15) is 5.26 Å². The van der Waals surface area contributed by atoms with Crippen LogP contribution in [0.5, 0.6) is 11.6 Å². The maximum absolute atomic E-state index is 9.52. The topological polar surface area (TPSA) is 101 Å². The summed E-state index contributed by atoms with van der Waals surface area (Å²) in [5.41, 5.74) is 15.7. The summed E-state index contributed by atoms with van der Waals surface area (Å²) in [5.74, 6) is 1.18. The van der Waals surface area contributed by atoms with Gasteiger partial charge in [-0.2, -0.15) is 10.2 Å². The molecule has 0 fully saturated rings. The lowest BCUT2D eigenvalue weighted by atomic mass is 9.98. The van der Waals surface area contributed by atoms with E-state index in [-0.39, 0.29) is 16.6 Å². The maximum Gasteiger partial charge on any atom is 0.228 e. The van der Waals surface area contributed by atoms with Gasteiger partial charge in [0.25, 0.3) is 0 Å². The zero-order valence-corrected chi connectivity index (χ0v) is 17.7. The predicted octanol–water partition coefficient (Wildman–Crippen LogP) is 4.95. The van der Waals surface area contributed by atoms with Crippen molar-refractivity contribution < 1.29 is 4.74 Å². The molecule has 1 unspecified atom stereocenters. The van der Waals surface area contributed by atoms with Crippen LogP contribution in [0.1, 0.15) is 35.8 Å². The highest BCUT2D eigenvalue weighted by atomic mass is 32.2. The number of nitrogens with two attached hydrogens (primary N) is 2. The number of hydrogen-bond acceptors (Lipinski definition) is 7. The van der Waals surface area contributed by atoms with Crippen molar-refractivity contribution in [2.75, 3.05) is 29.5 Å². The Hall–Kier alpha value is -3.37. The third-order valence-corrected chi connectivity index (χ3v) is 6.52. The highest BCUT2D eigenvalue weighted by molar-refractivity contribution is 7.99. The average Bonchev–Trinajstić information content (AvgIpc) is 2.75. The Balaban J connectivity index is 1.88. The van der Waals surface area contributed by atoms with Crippen molar-refractivity contribution >= 4 is 29.0 Å².